The number of carbonyl (C=O) groups excluding carboxylic acids is 1. The number of rotatable bonds is 10. The van der Waals surface area contributed by atoms with Crippen LogP contribution in [0.4, 0.5) is 0 Å². The highest BCUT2D eigenvalue weighted by Gasteiger charge is 2.22. The summed E-state index contributed by atoms with van der Waals surface area (Å²) < 4.78 is 7.08. The topological polar surface area (TPSA) is 126 Å². The number of nitrogens with one attached hydrogen (secondary N) is 1. The smallest absolute Gasteiger partial charge is 0.328 e. The van der Waals surface area contributed by atoms with Gasteiger partial charge in [0.25, 0.3) is 5.56 Å². The van der Waals surface area contributed by atoms with Crippen molar-refractivity contribution in [3.63, 3.8) is 0 Å². The molecule has 42 heavy (non-hydrogen) atoms. The van der Waals surface area contributed by atoms with Crippen LogP contribution in [0.5, 0.6) is 5.75 Å². The van der Waals surface area contributed by atoms with Crippen LogP contribution in [0.15, 0.2) is 83.8 Å². The molecule has 1 atom stereocenters. The second-order valence-electron chi connectivity index (χ2n) is 10.1. The van der Waals surface area contributed by atoms with Crippen molar-refractivity contribution in [2.45, 2.75) is 45.1 Å². The Balaban J connectivity index is 1.60. The summed E-state index contributed by atoms with van der Waals surface area (Å²) >= 11 is 6.16. The molecule has 0 aliphatic heterocycles. The fourth-order valence-electron chi connectivity index (χ4n) is 4.91. The number of unbranched alkanes of at least 4 members (excludes halogenated alkanes) is 2. The van der Waals surface area contributed by atoms with Crippen molar-refractivity contribution >= 4 is 23.2 Å². The minimum Gasteiger partial charge on any atom is -0.425 e. The van der Waals surface area contributed by atoms with Crippen molar-refractivity contribution in [3.05, 3.63) is 111 Å². The van der Waals surface area contributed by atoms with E-state index in [4.69, 9.17) is 27.1 Å². The lowest BCUT2D eigenvalue weighted by atomic mass is 10.0. The van der Waals surface area contributed by atoms with E-state index < -0.39 is 12.0 Å². The second-order valence-corrected chi connectivity index (χ2v) is 10.6. The number of esters is 1. The quantitative estimate of drug-likeness (QED) is 0.114. The number of nitrogens with zero attached hydrogens (tertiary/aromatic N) is 3. The second kappa shape index (κ2) is 12.9. The summed E-state index contributed by atoms with van der Waals surface area (Å²) in [6, 6.07) is 23.1. The van der Waals surface area contributed by atoms with E-state index in [1.165, 1.54) is 16.8 Å². The molecule has 0 amide bonds. The number of nitriles is 1. The molecule has 212 valence electrons. The van der Waals surface area contributed by atoms with Crippen LogP contribution in [0, 0.1) is 11.3 Å². The Bertz CT molecular complexity index is 1820. The molecule has 3 N–H and O–H groups in total. The van der Waals surface area contributed by atoms with Crippen LogP contribution >= 0.6 is 11.6 Å². The van der Waals surface area contributed by atoms with E-state index in [0.717, 1.165) is 41.6 Å². The lowest BCUT2D eigenvalue weighted by Crippen LogP contribution is -2.34. The highest BCUT2D eigenvalue weighted by molar-refractivity contribution is 6.30. The summed E-state index contributed by atoms with van der Waals surface area (Å²) in [6.07, 6.45) is 5.24. The number of aromatic nitrogens is 3. The van der Waals surface area contributed by atoms with E-state index in [-0.39, 0.29) is 22.4 Å². The third kappa shape index (κ3) is 6.13. The number of benzene rings is 3. The largest absolute Gasteiger partial charge is 0.425 e. The molecule has 0 saturated carbocycles. The normalized spacial score (nSPS) is 11.8. The molecule has 0 saturated heterocycles. The average molecular weight is 580 g/mol. The first kappa shape index (κ1) is 28.8. The molecule has 0 radical (unpaired) electrons. The fourth-order valence-corrected chi connectivity index (χ4v) is 5.03. The van der Waals surface area contributed by atoms with Crippen molar-refractivity contribution in [2.24, 2.45) is 5.73 Å². The maximum absolute atomic E-state index is 14.0. The van der Waals surface area contributed by atoms with E-state index in [1.54, 1.807) is 24.3 Å². The molecule has 3 aromatic carbocycles. The van der Waals surface area contributed by atoms with Gasteiger partial charge in [-0.2, -0.15) is 5.26 Å². The number of fused-ring (bicyclic) bond motifs is 1. The zero-order chi connectivity index (χ0) is 29.6. The lowest BCUT2D eigenvalue weighted by Gasteiger charge is -2.14. The maximum atomic E-state index is 14.0. The zero-order valence-corrected chi connectivity index (χ0v) is 23.9. The molecule has 9 heteroatoms. The van der Waals surface area contributed by atoms with Gasteiger partial charge in [0.15, 0.2) is 5.65 Å². The van der Waals surface area contributed by atoms with Crippen molar-refractivity contribution in [3.8, 4) is 34.1 Å². The van der Waals surface area contributed by atoms with Gasteiger partial charge >= 0.3 is 5.97 Å². The predicted octanol–water partition coefficient (Wildman–Crippen LogP) is 6.29. The third-order valence-electron chi connectivity index (χ3n) is 7.12. The van der Waals surface area contributed by atoms with E-state index in [0.29, 0.717) is 29.1 Å². The van der Waals surface area contributed by atoms with Crippen molar-refractivity contribution in [2.75, 3.05) is 0 Å². The zero-order valence-electron chi connectivity index (χ0n) is 23.1. The Morgan fingerprint density at radius 3 is 2.57 bits per heavy atom. The van der Waals surface area contributed by atoms with Gasteiger partial charge in [0.2, 0.25) is 0 Å². The first-order valence-corrected chi connectivity index (χ1v) is 14.2. The third-order valence-corrected chi connectivity index (χ3v) is 7.37. The number of halogens is 1. The molecule has 5 rings (SSSR count). The maximum Gasteiger partial charge on any atom is 0.328 e. The van der Waals surface area contributed by atoms with E-state index in [9.17, 15) is 14.9 Å². The highest BCUT2D eigenvalue weighted by atomic mass is 35.5. The van der Waals surface area contributed by atoms with E-state index >= 15 is 0 Å². The number of hydrogen-bond acceptors (Lipinski definition) is 6. The Morgan fingerprint density at radius 2 is 1.86 bits per heavy atom. The molecule has 0 aliphatic rings. The van der Waals surface area contributed by atoms with Crippen LogP contribution < -0.4 is 16.0 Å². The lowest BCUT2D eigenvalue weighted by molar-refractivity contribution is -0.136. The molecular weight excluding hydrogens is 550 g/mol. The van der Waals surface area contributed by atoms with Gasteiger partial charge in [-0.25, -0.2) is 14.3 Å². The molecule has 2 aromatic heterocycles. The van der Waals surface area contributed by atoms with Gasteiger partial charge in [-0.05, 0) is 47.9 Å². The average Bonchev–Trinajstić information content (AvgIpc) is 3.37. The molecule has 8 nitrogen and oxygen atoms in total. The molecule has 0 fully saturated rings. The monoisotopic (exact) mass is 579 g/mol. The molecule has 0 aliphatic carbocycles. The number of ether oxygens (including phenoxy) is 1. The summed E-state index contributed by atoms with van der Waals surface area (Å²) in [5, 5.41) is 13.3. The first-order valence-electron chi connectivity index (χ1n) is 13.8. The van der Waals surface area contributed by atoms with Crippen molar-refractivity contribution in [1.82, 2.24) is 14.6 Å². The molecule has 0 unspecified atom stereocenters. The molecular formula is C33H30ClN5O3. The number of carbonyl (C=O) groups is 1. The molecule has 0 bridgehead atoms. The Hall–Kier alpha value is -4.71. The summed E-state index contributed by atoms with van der Waals surface area (Å²) in [5.41, 5.74) is 10.5. The molecule has 0 spiro atoms. The van der Waals surface area contributed by atoms with Gasteiger partial charge in [0, 0.05) is 34.5 Å². The van der Waals surface area contributed by atoms with Crippen LogP contribution in [0.25, 0.3) is 27.9 Å². The SMILES string of the molecule is CCCCC[C@@H](N)C(=O)Oc1cc(C#N)ccc1-c1cnc2c(-c3ccc(Cl)cc3)c(Cc3ccccc3)[nH]n2c1=O. The van der Waals surface area contributed by atoms with Crippen LogP contribution in [-0.2, 0) is 11.2 Å². The van der Waals surface area contributed by atoms with Gasteiger partial charge in [-0.15, -0.1) is 0 Å². The fraction of sp³-hybridized carbons (Fsp3) is 0.212. The standard InChI is InChI=1S/C33H30ClN5O3/c1-2-3-5-10-27(36)33(41)42-29-18-22(19-35)11-16-25(29)26-20-37-31-30(23-12-14-24(34)15-13-23)28(38-39(31)32(26)40)17-21-8-6-4-7-9-21/h4,6-9,11-16,18,20,27,38H,2-3,5,10,17,36H2,1H3/t27-/m1/s1. The number of aromatic amines is 1. The number of nitrogens with two attached hydrogens (primary N) is 1. The summed E-state index contributed by atoms with van der Waals surface area (Å²) in [4.78, 5) is 31.5. The van der Waals surface area contributed by atoms with Gasteiger partial charge in [0.1, 0.15) is 11.8 Å². The number of H-pyrrole nitrogens is 1. The molecule has 5 aromatic rings. The Kier molecular flexibility index (Phi) is 8.82. The van der Waals surface area contributed by atoms with Crippen LogP contribution in [0.2, 0.25) is 5.02 Å². The Labute approximate surface area is 248 Å². The van der Waals surface area contributed by atoms with E-state index in [2.05, 4.69) is 18.1 Å². The van der Waals surface area contributed by atoms with Crippen LogP contribution in [0.3, 0.4) is 0 Å². The highest BCUT2D eigenvalue weighted by Crippen LogP contribution is 2.33. The van der Waals surface area contributed by atoms with Gasteiger partial charge in [-0.3, -0.25) is 9.89 Å². The summed E-state index contributed by atoms with van der Waals surface area (Å²) in [7, 11) is 0. The predicted molar refractivity (Wildman–Crippen MR) is 163 cm³/mol. The van der Waals surface area contributed by atoms with Crippen LogP contribution in [0.1, 0.15) is 49.4 Å². The Morgan fingerprint density at radius 1 is 1.10 bits per heavy atom. The van der Waals surface area contributed by atoms with Gasteiger partial charge < -0.3 is 10.5 Å². The molecule has 2 heterocycles. The first-order chi connectivity index (χ1) is 20.4. The van der Waals surface area contributed by atoms with E-state index in [1.807, 2.05) is 42.5 Å². The number of hydrogen-bond donors (Lipinski definition) is 2. The minimum absolute atomic E-state index is 0.0813. The minimum atomic E-state index is -0.817. The van der Waals surface area contributed by atoms with Crippen LogP contribution in [-0.4, -0.2) is 26.6 Å². The van der Waals surface area contributed by atoms with Crippen molar-refractivity contribution in [1.29, 1.82) is 5.26 Å². The summed E-state index contributed by atoms with van der Waals surface area (Å²) in [6.45, 7) is 2.07. The van der Waals surface area contributed by atoms with Gasteiger partial charge in [-0.1, -0.05) is 80.3 Å². The summed E-state index contributed by atoms with van der Waals surface area (Å²) in [5.74, 6) is -0.538. The van der Waals surface area contributed by atoms with Crippen molar-refractivity contribution < 1.29 is 9.53 Å². The van der Waals surface area contributed by atoms with Gasteiger partial charge in [0.05, 0.1) is 17.2 Å².